The second-order valence-electron chi connectivity index (χ2n) is 8.67. The minimum absolute atomic E-state index is 0.189. The van der Waals surface area contributed by atoms with Crippen LogP contribution < -0.4 is 5.32 Å². The van der Waals surface area contributed by atoms with Gasteiger partial charge in [0.15, 0.2) is 0 Å². The van der Waals surface area contributed by atoms with Crippen molar-refractivity contribution >= 4 is 23.6 Å². The fourth-order valence-electron chi connectivity index (χ4n) is 4.54. The monoisotopic (exact) mass is 486 g/mol. The van der Waals surface area contributed by atoms with Gasteiger partial charge in [0.05, 0.1) is 17.9 Å². The van der Waals surface area contributed by atoms with E-state index in [0.717, 1.165) is 59.9 Å². The van der Waals surface area contributed by atoms with Gasteiger partial charge < -0.3 is 0 Å². The molecule has 1 amide bonds. The van der Waals surface area contributed by atoms with E-state index in [1.807, 2.05) is 77.1 Å². The van der Waals surface area contributed by atoms with Crippen LogP contribution in [-0.2, 0) is 0 Å². The number of H-pyrrole nitrogens is 1. The first-order valence-corrected chi connectivity index (χ1v) is 13.3. The highest BCUT2D eigenvalue weighted by molar-refractivity contribution is 7.99. The Hall–Kier alpha value is -3.36. The van der Waals surface area contributed by atoms with Crippen LogP contribution in [0.3, 0.4) is 0 Å². The molecule has 3 heterocycles. The number of rotatable bonds is 8. The lowest BCUT2D eigenvalue weighted by Gasteiger charge is -2.33. The number of carbonyl (C=O) groups is 1. The molecule has 1 atom stereocenters. The highest BCUT2D eigenvalue weighted by atomic mass is 32.2. The molecule has 0 aliphatic carbocycles. The van der Waals surface area contributed by atoms with Crippen molar-refractivity contribution in [2.24, 2.45) is 0 Å². The first-order valence-electron chi connectivity index (χ1n) is 12.1. The number of aromatic nitrogens is 4. The van der Waals surface area contributed by atoms with Crippen LogP contribution in [0.25, 0.3) is 16.8 Å². The van der Waals surface area contributed by atoms with Gasteiger partial charge in [0.1, 0.15) is 0 Å². The molecule has 8 heteroatoms. The third-order valence-electron chi connectivity index (χ3n) is 6.33. The number of nitrogens with zero attached hydrogens (tertiary/aromatic N) is 4. The molecule has 1 saturated heterocycles. The number of aromatic amines is 1. The Bertz CT molecular complexity index is 1250. The molecule has 0 bridgehead atoms. The maximum Gasteiger partial charge on any atom is 0.258 e. The number of amides is 1. The van der Waals surface area contributed by atoms with E-state index in [9.17, 15) is 4.79 Å². The summed E-state index contributed by atoms with van der Waals surface area (Å²) in [6.45, 7) is 4.35. The molecule has 1 aliphatic heterocycles. The summed E-state index contributed by atoms with van der Waals surface area (Å²) in [5.74, 6) is 2.65. The third kappa shape index (κ3) is 5.33. The van der Waals surface area contributed by atoms with Gasteiger partial charge in [-0.05, 0) is 36.2 Å². The summed E-state index contributed by atoms with van der Waals surface area (Å²) in [5.41, 5.74) is 4.42. The van der Waals surface area contributed by atoms with E-state index in [1.54, 1.807) is 6.20 Å². The van der Waals surface area contributed by atoms with Gasteiger partial charge in [0.25, 0.3) is 5.91 Å². The molecule has 5 rings (SSSR count). The van der Waals surface area contributed by atoms with Gasteiger partial charge in [-0.2, -0.15) is 16.9 Å². The lowest BCUT2D eigenvalue weighted by atomic mass is 10.1. The molecule has 2 N–H and O–H groups in total. The summed E-state index contributed by atoms with van der Waals surface area (Å²) in [5, 5.41) is 9.92. The van der Waals surface area contributed by atoms with Crippen molar-refractivity contribution in [3.63, 3.8) is 0 Å². The van der Waals surface area contributed by atoms with E-state index in [4.69, 9.17) is 4.98 Å². The third-order valence-corrected chi connectivity index (χ3v) is 7.27. The van der Waals surface area contributed by atoms with Crippen LogP contribution in [0.2, 0.25) is 0 Å². The zero-order chi connectivity index (χ0) is 24.0. The Morgan fingerprint density at radius 1 is 1.11 bits per heavy atom. The molecule has 35 heavy (non-hydrogen) atoms. The van der Waals surface area contributed by atoms with Gasteiger partial charge >= 0.3 is 0 Å². The molecule has 7 nitrogen and oxygen atoms in total. The molecule has 0 saturated carbocycles. The van der Waals surface area contributed by atoms with E-state index < -0.39 is 0 Å². The zero-order valence-corrected chi connectivity index (χ0v) is 20.7. The Balaban J connectivity index is 1.47. The van der Waals surface area contributed by atoms with Crippen LogP contribution in [0, 0.1) is 0 Å². The number of benzene rings is 2. The van der Waals surface area contributed by atoms with Crippen LogP contribution in [0.15, 0.2) is 73.2 Å². The van der Waals surface area contributed by atoms with Gasteiger partial charge in [-0.3, -0.25) is 24.7 Å². The molecule has 1 aliphatic rings. The molecule has 1 unspecified atom stereocenters. The molecular formula is C27H30N6OS. The molecule has 2 aromatic carbocycles. The number of para-hydroxylation sites is 1. The Morgan fingerprint density at radius 2 is 1.94 bits per heavy atom. The van der Waals surface area contributed by atoms with Crippen molar-refractivity contribution < 1.29 is 4.79 Å². The minimum Gasteiger partial charge on any atom is -0.293 e. The molecule has 0 radical (unpaired) electrons. The average Bonchev–Trinajstić information content (AvgIpc) is 3.59. The number of thioether (sulfide) groups is 1. The van der Waals surface area contributed by atoms with Crippen molar-refractivity contribution in [3.05, 3.63) is 84.4 Å². The summed E-state index contributed by atoms with van der Waals surface area (Å²) in [6, 6.07) is 17.9. The van der Waals surface area contributed by atoms with Gasteiger partial charge in [0.2, 0.25) is 5.95 Å². The predicted molar refractivity (Wildman–Crippen MR) is 142 cm³/mol. The van der Waals surface area contributed by atoms with Gasteiger partial charge in [-0.25, -0.2) is 4.98 Å². The maximum absolute atomic E-state index is 13.3. The standard InChI is InChI=1S/C27H30N6OS/c1-2-7-25(32-12-14-35-15-13-32)24-19-33(23-10-4-3-5-11-23)27(30-24)31-26(34)21-9-6-8-20(16-21)22-17-28-29-18-22/h3-6,8-11,16-19,25H,2,7,12-15H2,1H3,(H,28,29)(H,30,31,34). The molecule has 2 aromatic heterocycles. The van der Waals surface area contributed by atoms with Gasteiger partial charge in [0, 0.05) is 53.8 Å². The Labute approximate surface area is 210 Å². The molecule has 4 aromatic rings. The van der Waals surface area contributed by atoms with Crippen molar-refractivity contribution in [3.8, 4) is 16.8 Å². The highest BCUT2D eigenvalue weighted by Gasteiger charge is 2.26. The first kappa shape index (κ1) is 23.4. The normalized spacial score (nSPS) is 15.1. The van der Waals surface area contributed by atoms with Gasteiger partial charge in [-0.1, -0.05) is 43.7 Å². The predicted octanol–water partition coefficient (Wildman–Crippen LogP) is 5.40. The number of imidazole rings is 1. The number of hydrogen-bond acceptors (Lipinski definition) is 5. The van der Waals surface area contributed by atoms with E-state index in [2.05, 4.69) is 33.5 Å². The van der Waals surface area contributed by atoms with Crippen molar-refractivity contribution in [2.45, 2.75) is 25.8 Å². The molecule has 0 spiro atoms. The Morgan fingerprint density at radius 3 is 2.69 bits per heavy atom. The zero-order valence-electron chi connectivity index (χ0n) is 19.9. The number of nitrogens with one attached hydrogen (secondary N) is 2. The number of carbonyl (C=O) groups excluding carboxylic acids is 1. The SMILES string of the molecule is CCCC(c1cn(-c2ccccc2)c(NC(=O)c2cccc(-c3cn[nH]c3)c2)n1)N1CCSCC1. The number of anilines is 1. The van der Waals surface area contributed by atoms with Crippen LogP contribution in [0.1, 0.15) is 41.9 Å². The van der Waals surface area contributed by atoms with Crippen LogP contribution in [0.4, 0.5) is 5.95 Å². The molecule has 180 valence electrons. The summed E-state index contributed by atoms with van der Waals surface area (Å²) in [7, 11) is 0. The molecule has 1 fully saturated rings. The topological polar surface area (TPSA) is 78.8 Å². The maximum atomic E-state index is 13.3. The lowest BCUT2D eigenvalue weighted by molar-refractivity contribution is 0.102. The second kappa shape index (κ2) is 10.9. The average molecular weight is 487 g/mol. The minimum atomic E-state index is -0.189. The smallest absolute Gasteiger partial charge is 0.258 e. The van der Waals surface area contributed by atoms with Crippen LogP contribution in [-0.4, -0.2) is 55.2 Å². The fraction of sp³-hybridized carbons (Fsp3) is 0.296. The lowest BCUT2D eigenvalue weighted by Crippen LogP contribution is -2.36. The molecular weight excluding hydrogens is 456 g/mol. The van der Waals surface area contributed by atoms with Crippen LogP contribution >= 0.6 is 11.8 Å². The highest BCUT2D eigenvalue weighted by Crippen LogP contribution is 2.30. The van der Waals surface area contributed by atoms with Gasteiger partial charge in [-0.15, -0.1) is 0 Å². The first-order chi connectivity index (χ1) is 17.2. The second-order valence-corrected chi connectivity index (χ2v) is 9.89. The van der Waals surface area contributed by atoms with E-state index in [-0.39, 0.29) is 11.9 Å². The number of hydrogen-bond donors (Lipinski definition) is 2. The van der Waals surface area contributed by atoms with Crippen molar-refractivity contribution in [1.29, 1.82) is 0 Å². The summed E-state index contributed by atoms with van der Waals surface area (Å²) in [4.78, 5) is 20.9. The van der Waals surface area contributed by atoms with Crippen molar-refractivity contribution in [1.82, 2.24) is 24.6 Å². The van der Waals surface area contributed by atoms with E-state index in [0.29, 0.717) is 11.5 Å². The van der Waals surface area contributed by atoms with E-state index in [1.165, 1.54) is 0 Å². The summed E-state index contributed by atoms with van der Waals surface area (Å²) < 4.78 is 1.99. The summed E-state index contributed by atoms with van der Waals surface area (Å²) in [6.07, 6.45) is 7.78. The van der Waals surface area contributed by atoms with Crippen LogP contribution in [0.5, 0.6) is 0 Å². The van der Waals surface area contributed by atoms with E-state index >= 15 is 0 Å². The van der Waals surface area contributed by atoms with Crippen molar-refractivity contribution in [2.75, 3.05) is 29.9 Å². The largest absolute Gasteiger partial charge is 0.293 e. The fourth-order valence-corrected chi connectivity index (χ4v) is 5.47. The quantitative estimate of drug-likeness (QED) is 0.348. The summed E-state index contributed by atoms with van der Waals surface area (Å²) >= 11 is 2.01. The Kier molecular flexibility index (Phi) is 7.30.